The van der Waals surface area contributed by atoms with Gasteiger partial charge >= 0.3 is 0 Å². The average Bonchev–Trinajstić information content (AvgIpc) is 2.75. The summed E-state index contributed by atoms with van der Waals surface area (Å²) in [7, 11) is -0.637. The van der Waals surface area contributed by atoms with Gasteiger partial charge in [-0.2, -0.15) is 4.31 Å². The molecule has 0 aliphatic carbocycles. The van der Waals surface area contributed by atoms with Crippen molar-refractivity contribution in [3.8, 4) is 0 Å². The maximum absolute atomic E-state index is 12.3. The van der Waals surface area contributed by atoms with E-state index in [0.29, 0.717) is 5.82 Å². The minimum Gasteiger partial charge on any atom is -0.366 e. The second kappa shape index (κ2) is 4.98. The molecular weight excluding hydrogens is 268 g/mol. The predicted molar refractivity (Wildman–Crippen MR) is 68.9 cm³/mol. The van der Waals surface area contributed by atoms with Gasteiger partial charge in [0.15, 0.2) is 0 Å². The molecule has 0 aliphatic rings. The molecule has 0 fully saturated rings. The smallest absolute Gasteiger partial charge is 0.248 e. The average molecular weight is 282 g/mol. The Bertz CT molecular complexity index is 732. The standard InChI is InChI=1S/C11H14N4O3S/c1-14-6-5-13-11(14)8-15(2)19(17,18)10-7-12-4-3-9(10)16/h3-7H,8H2,1-2H3,(H,12,16). The number of imidazole rings is 1. The number of rotatable bonds is 4. The molecule has 0 amide bonds. The lowest BCUT2D eigenvalue weighted by Crippen LogP contribution is -2.31. The summed E-state index contributed by atoms with van der Waals surface area (Å²) in [5.74, 6) is 0.596. The van der Waals surface area contributed by atoms with Crippen molar-refractivity contribution in [3.63, 3.8) is 0 Å². The Morgan fingerprint density at radius 1 is 1.47 bits per heavy atom. The van der Waals surface area contributed by atoms with Crippen molar-refractivity contribution in [2.24, 2.45) is 7.05 Å². The first kappa shape index (κ1) is 13.5. The number of aromatic nitrogens is 3. The van der Waals surface area contributed by atoms with Crippen LogP contribution in [0.3, 0.4) is 0 Å². The molecule has 2 aromatic rings. The van der Waals surface area contributed by atoms with Gasteiger partial charge in [0.25, 0.3) is 0 Å². The number of aromatic amines is 1. The third-order valence-electron chi connectivity index (χ3n) is 2.76. The summed E-state index contributed by atoms with van der Waals surface area (Å²) < 4.78 is 27.3. The highest BCUT2D eigenvalue weighted by molar-refractivity contribution is 7.89. The van der Waals surface area contributed by atoms with Crippen molar-refractivity contribution >= 4 is 10.0 Å². The molecule has 0 aromatic carbocycles. The highest BCUT2D eigenvalue weighted by Gasteiger charge is 2.24. The summed E-state index contributed by atoms with van der Waals surface area (Å²) in [4.78, 5) is 18.0. The van der Waals surface area contributed by atoms with Crippen LogP contribution in [0.15, 0.2) is 40.5 Å². The minimum atomic E-state index is -3.83. The molecular formula is C11H14N4O3S. The summed E-state index contributed by atoms with van der Waals surface area (Å²) in [6.07, 6.45) is 5.89. The number of hydrogen-bond donors (Lipinski definition) is 1. The fourth-order valence-corrected chi connectivity index (χ4v) is 2.76. The Balaban J connectivity index is 2.33. The zero-order valence-corrected chi connectivity index (χ0v) is 11.4. The van der Waals surface area contributed by atoms with E-state index in [0.717, 1.165) is 4.31 Å². The molecule has 0 saturated heterocycles. The minimum absolute atomic E-state index is 0.0974. The van der Waals surface area contributed by atoms with Gasteiger partial charge in [0.1, 0.15) is 10.7 Å². The lowest BCUT2D eigenvalue weighted by Gasteiger charge is -2.16. The van der Waals surface area contributed by atoms with Gasteiger partial charge in [-0.25, -0.2) is 13.4 Å². The first-order valence-corrected chi connectivity index (χ1v) is 6.96. The quantitative estimate of drug-likeness (QED) is 0.850. The van der Waals surface area contributed by atoms with E-state index in [1.165, 1.54) is 25.5 Å². The monoisotopic (exact) mass is 282 g/mol. The zero-order chi connectivity index (χ0) is 14.0. The number of H-pyrrole nitrogens is 1. The summed E-state index contributed by atoms with van der Waals surface area (Å²) in [5, 5.41) is 0. The van der Waals surface area contributed by atoms with Crippen molar-refractivity contribution in [1.82, 2.24) is 18.8 Å². The van der Waals surface area contributed by atoms with Crippen LogP contribution in [0.2, 0.25) is 0 Å². The fourth-order valence-electron chi connectivity index (χ4n) is 1.60. The Hall–Kier alpha value is -1.93. The lowest BCUT2D eigenvalue weighted by molar-refractivity contribution is 0.450. The molecule has 0 bridgehead atoms. The van der Waals surface area contributed by atoms with E-state index in [1.54, 1.807) is 24.0 Å². The number of sulfonamides is 1. The number of nitrogens with one attached hydrogen (secondary N) is 1. The van der Waals surface area contributed by atoms with E-state index in [2.05, 4.69) is 9.97 Å². The molecule has 102 valence electrons. The number of hydrogen-bond acceptors (Lipinski definition) is 4. The van der Waals surface area contributed by atoms with Gasteiger partial charge in [-0.05, 0) is 0 Å². The molecule has 2 aromatic heterocycles. The van der Waals surface area contributed by atoms with Crippen LogP contribution in [0.4, 0.5) is 0 Å². The topological polar surface area (TPSA) is 88.1 Å². The predicted octanol–water partition coefficient (Wildman–Crippen LogP) is -0.0709. The normalized spacial score (nSPS) is 11.9. The molecule has 0 unspecified atom stereocenters. The third kappa shape index (κ3) is 2.59. The largest absolute Gasteiger partial charge is 0.366 e. The van der Waals surface area contributed by atoms with Crippen molar-refractivity contribution in [2.45, 2.75) is 11.4 Å². The Morgan fingerprint density at radius 3 is 2.79 bits per heavy atom. The van der Waals surface area contributed by atoms with Gasteiger partial charge in [0.05, 0.1) is 6.54 Å². The molecule has 2 rings (SSSR count). The number of pyridine rings is 1. The summed E-state index contributed by atoms with van der Waals surface area (Å²) in [6.45, 7) is 0.0974. The number of nitrogens with zero attached hydrogens (tertiary/aromatic N) is 3. The third-order valence-corrected chi connectivity index (χ3v) is 4.59. The van der Waals surface area contributed by atoms with E-state index < -0.39 is 15.5 Å². The first-order chi connectivity index (χ1) is 8.93. The van der Waals surface area contributed by atoms with Crippen LogP contribution in [0.5, 0.6) is 0 Å². The fraction of sp³-hybridized carbons (Fsp3) is 0.273. The summed E-state index contributed by atoms with van der Waals surface area (Å²) in [6, 6.07) is 1.18. The molecule has 19 heavy (non-hydrogen) atoms. The van der Waals surface area contributed by atoms with E-state index in [1.807, 2.05) is 0 Å². The molecule has 8 heteroatoms. The van der Waals surface area contributed by atoms with Crippen molar-refractivity contribution in [1.29, 1.82) is 0 Å². The highest BCUT2D eigenvalue weighted by atomic mass is 32.2. The van der Waals surface area contributed by atoms with E-state index >= 15 is 0 Å². The Morgan fingerprint density at radius 2 is 2.21 bits per heavy atom. The van der Waals surface area contributed by atoms with Gasteiger partial charge in [-0.3, -0.25) is 4.79 Å². The van der Waals surface area contributed by atoms with Crippen LogP contribution in [0.25, 0.3) is 0 Å². The number of aryl methyl sites for hydroxylation is 1. The lowest BCUT2D eigenvalue weighted by atomic mass is 10.5. The maximum Gasteiger partial charge on any atom is 0.248 e. The van der Waals surface area contributed by atoms with Gasteiger partial charge < -0.3 is 9.55 Å². The second-order valence-electron chi connectivity index (χ2n) is 4.09. The Labute approximate surface area is 110 Å². The summed E-state index contributed by atoms with van der Waals surface area (Å²) >= 11 is 0. The molecule has 0 atom stereocenters. The molecule has 0 aliphatic heterocycles. The van der Waals surface area contributed by atoms with Gasteiger partial charge in [0, 0.05) is 44.9 Å². The van der Waals surface area contributed by atoms with Crippen LogP contribution in [0.1, 0.15) is 5.82 Å². The van der Waals surface area contributed by atoms with E-state index in [9.17, 15) is 13.2 Å². The first-order valence-electron chi connectivity index (χ1n) is 5.52. The molecule has 1 N–H and O–H groups in total. The zero-order valence-electron chi connectivity index (χ0n) is 10.6. The van der Waals surface area contributed by atoms with Crippen LogP contribution in [0, 0.1) is 0 Å². The maximum atomic E-state index is 12.3. The van der Waals surface area contributed by atoms with Crippen LogP contribution < -0.4 is 5.43 Å². The molecule has 2 heterocycles. The van der Waals surface area contributed by atoms with Crippen LogP contribution >= 0.6 is 0 Å². The Kier molecular flexibility index (Phi) is 3.54. The molecule has 0 radical (unpaired) electrons. The van der Waals surface area contributed by atoms with Crippen molar-refractivity contribution < 1.29 is 8.42 Å². The molecule has 7 nitrogen and oxygen atoms in total. The van der Waals surface area contributed by atoms with Gasteiger partial charge in [0.2, 0.25) is 15.5 Å². The van der Waals surface area contributed by atoms with Crippen molar-refractivity contribution in [2.75, 3.05) is 7.05 Å². The second-order valence-corrected chi connectivity index (χ2v) is 6.10. The van der Waals surface area contributed by atoms with Crippen LogP contribution in [-0.4, -0.2) is 34.3 Å². The van der Waals surface area contributed by atoms with E-state index in [4.69, 9.17) is 0 Å². The van der Waals surface area contributed by atoms with Crippen LogP contribution in [-0.2, 0) is 23.6 Å². The van der Waals surface area contributed by atoms with Crippen molar-refractivity contribution in [3.05, 3.63) is 46.9 Å². The van der Waals surface area contributed by atoms with Gasteiger partial charge in [-0.15, -0.1) is 0 Å². The molecule has 0 spiro atoms. The summed E-state index contributed by atoms with van der Waals surface area (Å²) in [5.41, 5.74) is -0.537. The SMILES string of the molecule is CN(Cc1nccn1C)S(=O)(=O)c1c[nH]ccc1=O. The highest BCUT2D eigenvalue weighted by Crippen LogP contribution is 2.11. The molecule has 0 saturated carbocycles. The van der Waals surface area contributed by atoms with E-state index in [-0.39, 0.29) is 11.4 Å². The van der Waals surface area contributed by atoms with Gasteiger partial charge in [-0.1, -0.05) is 0 Å².